The van der Waals surface area contributed by atoms with Gasteiger partial charge in [0.25, 0.3) is 5.91 Å². The Labute approximate surface area is 195 Å². The van der Waals surface area contributed by atoms with Crippen LogP contribution >= 0.6 is 0 Å². The monoisotopic (exact) mass is 451 g/mol. The van der Waals surface area contributed by atoms with E-state index >= 15 is 0 Å². The molecule has 7 nitrogen and oxygen atoms in total. The van der Waals surface area contributed by atoms with E-state index in [1.165, 1.54) is 5.56 Å². The summed E-state index contributed by atoms with van der Waals surface area (Å²) in [5.41, 5.74) is 3.96. The molecular weight excluding hydrogens is 418 g/mol. The Morgan fingerprint density at radius 2 is 2.12 bits per heavy atom. The molecular formula is C26H33N3O4. The lowest BCUT2D eigenvalue weighted by Crippen LogP contribution is -2.44. The van der Waals surface area contributed by atoms with Gasteiger partial charge in [-0.2, -0.15) is 0 Å². The quantitative estimate of drug-likeness (QED) is 0.736. The number of nitrogens with zero attached hydrogens (tertiary/aromatic N) is 2. The van der Waals surface area contributed by atoms with Gasteiger partial charge in [0.05, 0.1) is 43.3 Å². The van der Waals surface area contributed by atoms with Gasteiger partial charge in [-0.3, -0.25) is 4.79 Å². The highest BCUT2D eigenvalue weighted by Gasteiger charge is 2.34. The molecule has 33 heavy (non-hydrogen) atoms. The van der Waals surface area contributed by atoms with E-state index in [-0.39, 0.29) is 18.1 Å². The fraction of sp³-hybridized carbons (Fsp3) is 0.538. The first kappa shape index (κ1) is 22.3. The number of benzene rings is 1. The van der Waals surface area contributed by atoms with Gasteiger partial charge >= 0.3 is 0 Å². The van der Waals surface area contributed by atoms with Crippen LogP contribution in [0.3, 0.4) is 0 Å². The molecule has 3 aliphatic rings. The molecule has 1 amide bonds. The predicted octanol–water partition coefficient (Wildman–Crippen LogP) is 4.54. The van der Waals surface area contributed by atoms with Crippen LogP contribution in [0.4, 0.5) is 17.2 Å². The molecule has 3 aliphatic heterocycles. The van der Waals surface area contributed by atoms with Crippen LogP contribution in [-0.4, -0.2) is 49.0 Å². The van der Waals surface area contributed by atoms with E-state index < -0.39 is 6.10 Å². The van der Waals surface area contributed by atoms with Gasteiger partial charge in [0, 0.05) is 24.3 Å². The van der Waals surface area contributed by atoms with Crippen molar-refractivity contribution in [1.82, 2.24) is 4.98 Å². The van der Waals surface area contributed by atoms with Crippen LogP contribution in [0.15, 0.2) is 36.5 Å². The zero-order valence-electron chi connectivity index (χ0n) is 19.5. The largest absolute Gasteiger partial charge is 0.381 e. The molecule has 3 unspecified atom stereocenters. The molecule has 0 saturated carbocycles. The first-order valence-electron chi connectivity index (χ1n) is 12.1. The van der Waals surface area contributed by atoms with Crippen LogP contribution < -0.4 is 10.2 Å². The maximum Gasteiger partial charge on any atom is 0.256 e. The van der Waals surface area contributed by atoms with Gasteiger partial charge in [0.2, 0.25) is 0 Å². The number of fused-ring (bicyclic) bond motifs is 2. The molecule has 0 bridgehead atoms. The summed E-state index contributed by atoms with van der Waals surface area (Å²) in [6, 6.07) is 10.3. The molecule has 0 spiro atoms. The summed E-state index contributed by atoms with van der Waals surface area (Å²) in [4.78, 5) is 20.2. The van der Waals surface area contributed by atoms with Crippen LogP contribution in [0.1, 0.15) is 56.6 Å². The summed E-state index contributed by atoms with van der Waals surface area (Å²) >= 11 is 0. The summed E-state index contributed by atoms with van der Waals surface area (Å²) in [5.74, 6) is 1.14. The average molecular weight is 452 g/mol. The van der Waals surface area contributed by atoms with Crippen LogP contribution in [0.25, 0.3) is 0 Å². The maximum atomic E-state index is 13.8. The molecule has 0 radical (unpaired) electrons. The van der Waals surface area contributed by atoms with Crippen molar-refractivity contribution in [2.75, 3.05) is 30.0 Å². The maximum absolute atomic E-state index is 13.8. The Balaban J connectivity index is 1.43. The van der Waals surface area contributed by atoms with Gasteiger partial charge in [-0.15, -0.1) is 0 Å². The highest BCUT2D eigenvalue weighted by molar-refractivity contribution is 6.01. The van der Waals surface area contributed by atoms with Gasteiger partial charge in [-0.25, -0.2) is 4.98 Å². The van der Waals surface area contributed by atoms with Crippen LogP contribution in [0, 0.1) is 0 Å². The van der Waals surface area contributed by atoms with E-state index in [9.17, 15) is 4.79 Å². The smallest absolute Gasteiger partial charge is 0.256 e. The molecule has 0 aliphatic carbocycles. The van der Waals surface area contributed by atoms with Crippen molar-refractivity contribution in [3.63, 3.8) is 0 Å². The first-order chi connectivity index (χ1) is 16.1. The SMILES string of the molecule is CC(C)OC1CCC(C(=O)N2Cc3cccnc3Nc3ccc(C4CCCOC4)cc32)OC1. The van der Waals surface area contributed by atoms with Gasteiger partial charge in [-0.1, -0.05) is 12.1 Å². The van der Waals surface area contributed by atoms with Crippen LogP contribution in [-0.2, 0) is 25.5 Å². The minimum Gasteiger partial charge on any atom is -0.381 e. The molecule has 1 aromatic heterocycles. The fourth-order valence-electron chi connectivity index (χ4n) is 4.98. The molecule has 2 saturated heterocycles. The van der Waals surface area contributed by atoms with Crippen molar-refractivity contribution in [1.29, 1.82) is 0 Å². The number of carbonyl (C=O) groups excluding carboxylic acids is 1. The number of nitrogens with one attached hydrogen (secondary N) is 1. The average Bonchev–Trinajstić information content (AvgIpc) is 3.00. The summed E-state index contributed by atoms with van der Waals surface area (Å²) < 4.78 is 17.6. The minimum atomic E-state index is -0.468. The van der Waals surface area contributed by atoms with Crippen molar-refractivity contribution in [2.24, 2.45) is 0 Å². The standard InChI is InChI=1S/C26H33N3O4/c1-17(2)33-21-8-10-24(32-16-21)26(30)29-14-19-5-3-11-27-25(19)28-22-9-7-18(13-23(22)29)20-6-4-12-31-15-20/h3,5,7,9,11,13,17,20-21,24H,4,6,8,10,12,14-16H2,1-2H3,(H,27,28). The normalized spacial score (nSPS) is 25.1. The van der Waals surface area contributed by atoms with E-state index in [0.717, 1.165) is 55.2 Å². The van der Waals surface area contributed by atoms with Gasteiger partial charge < -0.3 is 24.4 Å². The number of pyridine rings is 1. The Morgan fingerprint density at radius 1 is 1.21 bits per heavy atom. The molecule has 176 valence electrons. The number of hydrogen-bond acceptors (Lipinski definition) is 6. The minimum absolute atomic E-state index is 0.00482. The van der Waals surface area contributed by atoms with E-state index in [2.05, 4.69) is 28.5 Å². The second kappa shape index (κ2) is 9.79. The number of rotatable bonds is 4. The third-order valence-corrected chi connectivity index (χ3v) is 6.66. The van der Waals surface area contributed by atoms with E-state index in [4.69, 9.17) is 14.2 Å². The molecule has 1 N–H and O–H groups in total. The number of carbonyl (C=O) groups is 1. The van der Waals surface area contributed by atoms with Gasteiger partial charge in [-0.05, 0) is 63.3 Å². The lowest BCUT2D eigenvalue weighted by atomic mass is 9.92. The highest BCUT2D eigenvalue weighted by Crippen LogP contribution is 2.39. The summed E-state index contributed by atoms with van der Waals surface area (Å²) in [7, 11) is 0. The second-order valence-corrected chi connectivity index (χ2v) is 9.46. The predicted molar refractivity (Wildman–Crippen MR) is 127 cm³/mol. The zero-order chi connectivity index (χ0) is 22.8. The molecule has 5 rings (SSSR count). The summed E-state index contributed by atoms with van der Waals surface area (Å²) in [6.07, 6.45) is 5.16. The van der Waals surface area contributed by atoms with Crippen molar-refractivity contribution in [3.05, 3.63) is 47.7 Å². The Hall–Kier alpha value is -2.48. The van der Waals surface area contributed by atoms with Crippen molar-refractivity contribution in [2.45, 2.75) is 70.3 Å². The van der Waals surface area contributed by atoms with Crippen LogP contribution in [0.5, 0.6) is 0 Å². The zero-order valence-corrected chi connectivity index (χ0v) is 19.5. The third kappa shape index (κ3) is 4.90. The fourth-order valence-corrected chi connectivity index (χ4v) is 4.98. The number of ether oxygens (including phenoxy) is 3. The molecule has 2 aromatic rings. The number of aromatic nitrogens is 1. The molecule has 7 heteroatoms. The summed E-state index contributed by atoms with van der Waals surface area (Å²) in [5, 5.41) is 3.45. The van der Waals surface area contributed by atoms with Crippen LogP contribution in [0.2, 0.25) is 0 Å². The molecule has 2 fully saturated rings. The number of amides is 1. The van der Waals surface area contributed by atoms with Crippen molar-refractivity contribution in [3.8, 4) is 0 Å². The van der Waals surface area contributed by atoms with Gasteiger partial charge in [0.15, 0.2) is 0 Å². The Bertz CT molecular complexity index is 981. The molecule has 3 atom stereocenters. The number of anilines is 3. The topological polar surface area (TPSA) is 72.9 Å². The second-order valence-electron chi connectivity index (χ2n) is 9.46. The van der Waals surface area contributed by atoms with Crippen molar-refractivity contribution < 1.29 is 19.0 Å². The van der Waals surface area contributed by atoms with Gasteiger partial charge in [0.1, 0.15) is 11.9 Å². The highest BCUT2D eigenvalue weighted by atomic mass is 16.5. The lowest BCUT2D eigenvalue weighted by molar-refractivity contribution is -0.143. The third-order valence-electron chi connectivity index (χ3n) is 6.66. The Kier molecular flexibility index (Phi) is 6.62. The van der Waals surface area contributed by atoms with E-state index in [1.807, 2.05) is 30.9 Å². The van der Waals surface area contributed by atoms with E-state index in [1.54, 1.807) is 6.20 Å². The molecule has 4 heterocycles. The van der Waals surface area contributed by atoms with Crippen molar-refractivity contribution >= 4 is 23.1 Å². The number of hydrogen-bond donors (Lipinski definition) is 1. The lowest BCUT2D eigenvalue weighted by Gasteiger charge is -2.33. The molecule has 1 aromatic carbocycles. The first-order valence-corrected chi connectivity index (χ1v) is 12.1. The summed E-state index contributed by atoms with van der Waals surface area (Å²) in [6.45, 7) is 6.52. The van der Waals surface area contributed by atoms with E-state index in [0.29, 0.717) is 25.5 Å². The Morgan fingerprint density at radius 3 is 2.88 bits per heavy atom.